The molecule has 0 unspecified atom stereocenters. The molecule has 1 aromatic carbocycles. The molecule has 0 saturated carbocycles. The number of nitrogens with one attached hydrogen (secondary N) is 1. The molecule has 15 heavy (non-hydrogen) atoms. The van der Waals surface area contributed by atoms with Crippen molar-refractivity contribution < 1.29 is 4.21 Å². The van der Waals surface area contributed by atoms with E-state index in [0.717, 1.165) is 17.9 Å². The van der Waals surface area contributed by atoms with E-state index in [2.05, 4.69) is 36.5 Å². The highest BCUT2D eigenvalue weighted by molar-refractivity contribution is 7.85. The lowest BCUT2D eigenvalue weighted by molar-refractivity contribution is 0.473. The summed E-state index contributed by atoms with van der Waals surface area (Å²) in [5.41, 5.74) is 1.32. The molecule has 3 atom stereocenters. The third-order valence-electron chi connectivity index (χ3n) is 2.67. The molecule has 0 bridgehead atoms. The number of benzene rings is 1. The van der Waals surface area contributed by atoms with Crippen molar-refractivity contribution >= 4 is 10.8 Å². The van der Waals surface area contributed by atoms with Crippen molar-refractivity contribution in [3.63, 3.8) is 0 Å². The minimum absolute atomic E-state index is 0.372. The summed E-state index contributed by atoms with van der Waals surface area (Å²) < 4.78 is 11.5. The van der Waals surface area contributed by atoms with E-state index in [9.17, 15) is 4.21 Å². The van der Waals surface area contributed by atoms with Crippen LogP contribution < -0.4 is 5.32 Å². The highest BCUT2D eigenvalue weighted by atomic mass is 32.2. The molecule has 1 heterocycles. The quantitative estimate of drug-likeness (QED) is 0.820. The molecule has 1 fully saturated rings. The summed E-state index contributed by atoms with van der Waals surface area (Å²) in [6.45, 7) is 2.11. The average Bonchev–Trinajstić information content (AvgIpc) is 2.17. The Morgan fingerprint density at radius 2 is 2.07 bits per heavy atom. The molecule has 0 spiro atoms. The molecular weight excluding hydrogens is 206 g/mol. The molecule has 0 aliphatic carbocycles. The van der Waals surface area contributed by atoms with E-state index >= 15 is 0 Å². The number of rotatable bonds is 2. The zero-order valence-corrected chi connectivity index (χ0v) is 9.80. The monoisotopic (exact) mass is 223 g/mol. The Hall–Kier alpha value is -0.670. The Balaban J connectivity index is 1.97. The van der Waals surface area contributed by atoms with Crippen LogP contribution in [0.2, 0.25) is 0 Å². The predicted molar refractivity (Wildman–Crippen MR) is 64.4 cm³/mol. The molecule has 0 amide bonds. The van der Waals surface area contributed by atoms with Gasteiger partial charge in [0.25, 0.3) is 0 Å². The van der Waals surface area contributed by atoms with Crippen LogP contribution in [0.15, 0.2) is 30.3 Å². The van der Waals surface area contributed by atoms with Crippen molar-refractivity contribution in [2.75, 3.05) is 11.5 Å². The summed E-state index contributed by atoms with van der Waals surface area (Å²) in [7, 11) is -0.637. The van der Waals surface area contributed by atoms with Gasteiger partial charge in [-0.2, -0.15) is 0 Å². The summed E-state index contributed by atoms with van der Waals surface area (Å²) in [5, 5.41) is 3.50. The molecule has 82 valence electrons. The van der Waals surface area contributed by atoms with Crippen LogP contribution >= 0.6 is 0 Å². The highest BCUT2D eigenvalue weighted by Gasteiger charge is 2.22. The number of hydrogen-bond donors (Lipinski definition) is 1. The van der Waals surface area contributed by atoms with Crippen molar-refractivity contribution in [2.24, 2.45) is 0 Å². The van der Waals surface area contributed by atoms with Crippen LogP contribution in [0.3, 0.4) is 0 Å². The van der Waals surface area contributed by atoms with Crippen molar-refractivity contribution in [2.45, 2.75) is 25.4 Å². The second-order valence-electron chi connectivity index (χ2n) is 4.23. The lowest BCUT2D eigenvalue weighted by Crippen LogP contribution is -2.49. The van der Waals surface area contributed by atoms with Gasteiger partial charge >= 0.3 is 0 Å². The minimum Gasteiger partial charge on any atom is -0.309 e. The highest BCUT2D eigenvalue weighted by Crippen LogP contribution is 2.09. The third kappa shape index (κ3) is 3.14. The van der Waals surface area contributed by atoms with E-state index < -0.39 is 10.8 Å². The van der Waals surface area contributed by atoms with E-state index in [0.29, 0.717) is 12.1 Å². The van der Waals surface area contributed by atoms with Crippen LogP contribution in [0.4, 0.5) is 0 Å². The zero-order valence-electron chi connectivity index (χ0n) is 8.98. The van der Waals surface area contributed by atoms with Crippen LogP contribution in [-0.4, -0.2) is 27.8 Å². The van der Waals surface area contributed by atoms with E-state index in [1.807, 2.05) is 6.07 Å². The largest absolute Gasteiger partial charge is 0.309 e. The first-order chi connectivity index (χ1) is 7.24. The summed E-state index contributed by atoms with van der Waals surface area (Å²) in [4.78, 5) is 0. The maximum atomic E-state index is 11.5. The van der Waals surface area contributed by atoms with Gasteiger partial charge in [0.1, 0.15) is 0 Å². The smallest absolute Gasteiger partial charge is 0.0392 e. The molecular formula is C12H17NOS. The molecule has 1 aromatic rings. The molecule has 1 N–H and O–H groups in total. The molecule has 2 nitrogen and oxygen atoms in total. The summed E-state index contributed by atoms with van der Waals surface area (Å²) >= 11 is 0. The lowest BCUT2D eigenvalue weighted by atomic mass is 10.1. The van der Waals surface area contributed by atoms with Crippen LogP contribution in [0.5, 0.6) is 0 Å². The molecule has 1 aliphatic heterocycles. The van der Waals surface area contributed by atoms with Crippen LogP contribution in [0.25, 0.3) is 0 Å². The van der Waals surface area contributed by atoms with Crippen molar-refractivity contribution in [1.29, 1.82) is 0 Å². The van der Waals surface area contributed by atoms with Gasteiger partial charge in [0.05, 0.1) is 0 Å². The van der Waals surface area contributed by atoms with Crippen molar-refractivity contribution in [3.8, 4) is 0 Å². The first kappa shape index (κ1) is 10.8. The van der Waals surface area contributed by atoms with Gasteiger partial charge in [-0.05, 0) is 18.9 Å². The van der Waals surface area contributed by atoms with Gasteiger partial charge in [-0.15, -0.1) is 0 Å². The van der Waals surface area contributed by atoms with Gasteiger partial charge in [-0.3, -0.25) is 4.21 Å². The zero-order chi connectivity index (χ0) is 10.7. The first-order valence-electron chi connectivity index (χ1n) is 5.39. The Morgan fingerprint density at radius 3 is 2.73 bits per heavy atom. The van der Waals surface area contributed by atoms with Gasteiger partial charge in [0.2, 0.25) is 0 Å². The van der Waals surface area contributed by atoms with E-state index in [-0.39, 0.29) is 0 Å². The molecule has 1 aliphatic rings. The fourth-order valence-corrected chi connectivity index (χ4v) is 3.54. The Labute approximate surface area is 93.5 Å². The Kier molecular flexibility index (Phi) is 3.54. The van der Waals surface area contributed by atoms with Crippen LogP contribution in [0.1, 0.15) is 12.5 Å². The van der Waals surface area contributed by atoms with Gasteiger partial charge in [-0.1, -0.05) is 30.3 Å². The Morgan fingerprint density at radius 1 is 1.33 bits per heavy atom. The van der Waals surface area contributed by atoms with Gasteiger partial charge in [0, 0.05) is 34.4 Å². The lowest BCUT2D eigenvalue weighted by Gasteiger charge is -2.28. The minimum atomic E-state index is -0.637. The molecule has 0 radical (unpaired) electrons. The maximum absolute atomic E-state index is 11.5. The number of hydrogen-bond acceptors (Lipinski definition) is 2. The summed E-state index contributed by atoms with van der Waals surface area (Å²) in [6.07, 6.45) is 0.983. The standard InChI is InChI=1S/C12H17NOS/c1-10-8-15(14)9-12(13-10)7-11-5-3-2-4-6-11/h2-6,10,12-13H,7-9H2,1H3/t10-,12-,15+/m0/s1. The van der Waals surface area contributed by atoms with Gasteiger partial charge < -0.3 is 5.32 Å². The second kappa shape index (κ2) is 4.90. The normalized spacial score (nSPS) is 31.4. The molecule has 3 heteroatoms. The first-order valence-corrected chi connectivity index (χ1v) is 6.88. The topological polar surface area (TPSA) is 29.1 Å². The van der Waals surface area contributed by atoms with Crippen LogP contribution in [-0.2, 0) is 17.2 Å². The summed E-state index contributed by atoms with van der Waals surface area (Å²) in [6, 6.07) is 11.1. The SMILES string of the molecule is C[C@H]1C[S@@](=O)C[C@H](Cc2ccccc2)N1. The third-order valence-corrected chi connectivity index (χ3v) is 4.31. The molecule has 0 aromatic heterocycles. The van der Waals surface area contributed by atoms with Crippen molar-refractivity contribution in [1.82, 2.24) is 5.32 Å². The van der Waals surface area contributed by atoms with Gasteiger partial charge in [0.15, 0.2) is 0 Å². The van der Waals surface area contributed by atoms with E-state index in [4.69, 9.17) is 0 Å². The van der Waals surface area contributed by atoms with Crippen LogP contribution in [0, 0.1) is 0 Å². The molecule has 1 saturated heterocycles. The predicted octanol–water partition coefficient (Wildman–Crippen LogP) is 1.34. The second-order valence-corrected chi connectivity index (χ2v) is 5.77. The van der Waals surface area contributed by atoms with Gasteiger partial charge in [-0.25, -0.2) is 0 Å². The summed E-state index contributed by atoms with van der Waals surface area (Å²) in [5.74, 6) is 1.59. The van der Waals surface area contributed by atoms with E-state index in [1.165, 1.54) is 5.56 Å². The Bertz CT molecular complexity index is 339. The maximum Gasteiger partial charge on any atom is 0.0392 e. The van der Waals surface area contributed by atoms with Crippen molar-refractivity contribution in [3.05, 3.63) is 35.9 Å². The van der Waals surface area contributed by atoms with E-state index in [1.54, 1.807) is 0 Å². The fraction of sp³-hybridized carbons (Fsp3) is 0.500. The fourth-order valence-electron chi connectivity index (χ4n) is 2.09. The molecule has 2 rings (SSSR count). The average molecular weight is 223 g/mol.